The van der Waals surface area contributed by atoms with E-state index in [1.165, 1.54) is 22.9 Å². The molecular formula is C14H12N2O4S. The van der Waals surface area contributed by atoms with Crippen molar-refractivity contribution in [2.24, 2.45) is 0 Å². The lowest BCUT2D eigenvalue weighted by molar-refractivity contribution is -0.141. The second kappa shape index (κ2) is 5.25. The molecule has 0 radical (unpaired) electrons. The van der Waals surface area contributed by atoms with Gasteiger partial charge in [-0.2, -0.15) is 0 Å². The minimum absolute atomic E-state index is 0.192. The summed E-state index contributed by atoms with van der Waals surface area (Å²) in [5.41, 5.74) is 0.684. The lowest BCUT2D eigenvalue weighted by atomic mass is 10.1. The standard InChI is InChI=1S/C14H12N2O4S/c17-11(8-4-2-1-3-5-8)15-10-12(18)16-6-9(14(19)20)7-21-13(10)16/h1-6,10,13H,7H2,(H,15,17)(H,19,20)/t10?,13-/m1/s1. The van der Waals surface area contributed by atoms with Gasteiger partial charge in [-0.1, -0.05) is 18.2 Å². The topological polar surface area (TPSA) is 86.7 Å². The van der Waals surface area contributed by atoms with Gasteiger partial charge in [0, 0.05) is 17.5 Å². The number of rotatable bonds is 3. The minimum Gasteiger partial charge on any atom is -0.478 e. The van der Waals surface area contributed by atoms with Gasteiger partial charge in [0.1, 0.15) is 11.4 Å². The van der Waals surface area contributed by atoms with E-state index in [4.69, 9.17) is 5.11 Å². The van der Waals surface area contributed by atoms with Gasteiger partial charge in [-0.25, -0.2) is 4.79 Å². The largest absolute Gasteiger partial charge is 0.478 e. The molecule has 3 rings (SSSR count). The first-order valence-electron chi connectivity index (χ1n) is 6.31. The zero-order chi connectivity index (χ0) is 15.0. The molecular weight excluding hydrogens is 292 g/mol. The second-order valence-electron chi connectivity index (χ2n) is 4.72. The van der Waals surface area contributed by atoms with Gasteiger partial charge >= 0.3 is 5.97 Å². The summed E-state index contributed by atoms with van der Waals surface area (Å²) in [7, 11) is 0. The van der Waals surface area contributed by atoms with Crippen molar-refractivity contribution in [1.29, 1.82) is 0 Å². The molecule has 1 unspecified atom stereocenters. The highest BCUT2D eigenvalue weighted by molar-refractivity contribution is 8.00. The van der Waals surface area contributed by atoms with Crippen LogP contribution in [-0.4, -0.2) is 45.0 Å². The fourth-order valence-corrected chi connectivity index (χ4v) is 3.50. The fourth-order valence-electron chi connectivity index (χ4n) is 2.24. The molecule has 1 saturated heterocycles. The molecule has 0 bridgehead atoms. The molecule has 1 fully saturated rings. The van der Waals surface area contributed by atoms with Gasteiger partial charge in [-0.3, -0.25) is 9.59 Å². The summed E-state index contributed by atoms with van der Waals surface area (Å²) >= 11 is 1.34. The Morgan fingerprint density at radius 3 is 2.67 bits per heavy atom. The lowest BCUT2D eigenvalue weighted by Gasteiger charge is -2.47. The van der Waals surface area contributed by atoms with Crippen molar-refractivity contribution < 1.29 is 19.5 Å². The van der Waals surface area contributed by atoms with Crippen LogP contribution in [0.4, 0.5) is 0 Å². The third kappa shape index (κ3) is 2.40. The van der Waals surface area contributed by atoms with E-state index in [1.54, 1.807) is 24.3 Å². The van der Waals surface area contributed by atoms with Crippen LogP contribution >= 0.6 is 11.8 Å². The number of carboxylic acids is 1. The van der Waals surface area contributed by atoms with Gasteiger partial charge in [0.2, 0.25) is 0 Å². The van der Waals surface area contributed by atoms with Crippen LogP contribution in [0.3, 0.4) is 0 Å². The van der Waals surface area contributed by atoms with Crippen molar-refractivity contribution >= 4 is 29.5 Å². The van der Waals surface area contributed by atoms with Gasteiger partial charge < -0.3 is 15.3 Å². The fraction of sp³-hybridized carbons (Fsp3) is 0.214. The third-order valence-corrected chi connectivity index (χ3v) is 4.70. The van der Waals surface area contributed by atoms with E-state index in [0.29, 0.717) is 11.3 Å². The number of benzene rings is 1. The van der Waals surface area contributed by atoms with Gasteiger partial charge in [-0.05, 0) is 12.1 Å². The Morgan fingerprint density at radius 1 is 1.29 bits per heavy atom. The van der Waals surface area contributed by atoms with Crippen molar-refractivity contribution in [2.75, 3.05) is 5.75 Å². The van der Waals surface area contributed by atoms with Crippen LogP contribution in [0.2, 0.25) is 0 Å². The molecule has 6 nitrogen and oxygen atoms in total. The molecule has 0 saturated carbocycles. The number of aliphatic carboxylic acids is 1. The van der Waals surface area contributed by atoms with E-state index in [2.05, 4.69) is 5.32 Å². The monoisotopic (exact) mass is 304 g/mol. The summed E-state index contributed by atoms with van der Waals surface area (Å²) in [6.07, 6.45) is 1.36. The molecule has 7 heteroatoms. The van der Waals surface area contributed by atoms with Crippen LogP contribution in [-0.2, 0) is 9.59 Å². The van der Waals surface area contributed by atoms with E-state index in [-0.39, 0.29) is 22.8 Å². The number of hydrogen-bond donors (Lipinski definition) is 2. The predicted molar refractivity (Wildman–Crippen MR) is 76.5 cm³/mol. The average molecular weight is 304 g/mol. The molecule has 0 spiro atoms. The molecule has 1 aromatic rings. The first kappa shape index (κ1) is 13.7. The van der Waals surface area contributed by atoms with Gasteiger partial charge in [0.15, 0.2) is 0 Å². The highest BCUT2D eigenvalue weighted by Crippen LogP contribution is 2.36. The molecule has 2 aliphatic rings. The van der Waals surface area contributed by atoms with E-state index in [0.717, 1.165) is 0 Å². The number of nitrogens with one attached hydrogen (secondary N) is 1. The summed E-state index contributed by atoms with van der Waals surface area (Å²) in [6, 6.07) is 8.05. The van der Waals surface area contributed by atoms with Crippen molar-refractivity contribution in [1.82, 2.24) is 10.2 Å². The highest BCUT2D eigenvalue weighted by atomic mass is 32.2. The van der Waals surface area contributed by atoms with E-state index >= 15 is 0 Å². The molecule has 21 heavy (non-hydrogen) atoms. The minimum atomic E-state index is -1.02. The number of amides is 2. The molecule has 1 aromatic carbocycles. The normalized spacial score (nSPS) is 23.7. The van der Waals surface area contributed by atoms with Crippen molar-refractivity contribution in [3.63, 3.8) is 0 Å². The Balaban J connectivity index is 1.69. The van der Waals surface area contributed by atoms with E-state index in [1.807, 2.05) is 6.07 Å². The van der Waals surface area contributed by atoms with Crippen LogP contribution in [0.15, 0.2) is 42.1 Å². The van der Waals surface area contributed by atoms with E-state index in [9.17, 15) is 14.4 Å². The molecule has 2 amide bonds. The van der Waals surface area contributed by atoms with Crippen LogP contribution in [0.1, 0.15) is 10.4 Å². The Labute approximate surface area is 124 Å². The zero-order valence-corrected chi connectivity index (χ0v) is 11.7. The quantitative estimate of drug-likeness (QED) is 0.802. The summed E-state index contributed by atoms with van der Waals surface area (Å²) in [5, 5.41) is 11.4. The summed E-state index contributed by atoms with van der Waals surface area (Å²) in [6.45, 7) is 0. The number of carbonyl (C=O) groups excluding carboxylic acids is 2. The van der Waals surface area contributed by atoms with Crippen molar-refractivity contribution in [3.05, 3.63) is 47.7 Å². The van der Waals surface area contributed by atoms with Gasteiger partial charge in [-0.15, -0.1) is 11.8 Å². The zero-order valence-electron chi connectivity index (χ0n) is 10.9. The third-order valence-electron chi connectivity index (χ3n) is 3.38. The maximum atomic E-state index is 12.0. The predicted octanol–water partition coefficient (Wildman–Crippen LogP) is 0.669. The maximum Gasteiger partial charge on any atom is 0.333 e. The van der Waals surface area contributed by atoms with Gasteiger partial charge in [0.25, 0.3) is 11.8 Å². The SMILES string of the molecule is O=C(O)C1=CN2C(=O)C(NC(=O)c3ccccc3)[C@H]2SC1. The Hall–Kier alpha value is -2.28. The maximum absolute atomic E-state index is 12.0. The number of nitrogens with zero attached hydrogens (tertiary/aromatic N) is 1. The average Bonchev–Trinajstić information content (AvgIpc) is 2.52. The van der Waals surface area contributed by atoms with Crippen LogP contribution < -0.4 is 5.32 Å². The molecule has 2 atom stereocenters. The smallest absolute Gasteiger partial charge is 0.333 e. The van der Waals surface area contributed by atoms with Crippen LogP contribution in [0, 0.1) is 0 Å². The summed E-state index contributed by atoms with van der Waals surface area (Å²) in [4.78, 5) is 36.3. The number of β-lactam (4-membered cyclic amide) rings is 1. The second-order valence-corrected chi connectivity index (χ2v) is 5.83. The molecule has 0 aromatic heterocycles. The van der Waals surface area contributed by atoms with Gasteiger partial charge in [0.05, 0.1) is 5.57 Å². The Bertz CT molecular complexity index is 644. The molecule has 2 aliphatic heterocycles. The number of fused-ring (bicyclic) bond motifs is 1. The number of carbonyl (C=O) groups is 3. The molecule has 2 heterocycles. The summed E-state index contributed by atoms with van der Waals surface area (Å²) < 4.78 is 0. The Kier molecular flexibility index (Phi) is 3.42. The number of thioether (sulfide) groups is 1. The first-order valence-corrected chi connectivity index (χ1v) is 7.36. The molecule has 2 N–H and O–H groups in total. The summed E-state index contributed by atoms with van der Waals surface area (Å²) in [5.74, 6) is -1.29. The number of hydrogen-bond acceptors (Lipinski definition) is 4. The van der Waals surface area contributed by atoms with Crippen molar-refractivity contribution in [2.45, 2.75) is 11.4 Å². The van der Waals surface area contributed by atoms with Crippen LogP contribution in [0.5, 0.6) is 0 Å². The highest BCUT2D eigenvalue weighted by Gasteiger charge is 2.49. The molecule has 108 valence electrons. The van der Waals surface area contributed by atoms with E-state index < -0.39 is 12.0 Å². The lowest BCUT2D eigenvalue weighted by Crippen LogP contribution is -2.68. The first-order chi connectivity index (χ1) is 10.1. The van der Waals surface area contributed by atoms with Crippen molar-refractivity contribution in [3.8, 4) is 0 Å². The number of carboxylic acid groups (broad SMARTS) is 1. The molecule has 0 aliphatic carbocycles. The van der Waals surface area contributed by atoms with Crippen LogP contribution in [0.25, 0.3) is 0 Å². The Morgan fingerprint density at radius 2 is 2.00 bits per heavy atom.